The normalized spacial score (nSPS) is 17.0. The van der Waals surface area contributed by atoms with Crippen molar-refractivity contribution in [3.8, 4) is 0 Å². The molecule has 0 aliphatic carbocycles. The van der Waals surface area contributed by atoms with E-state index in [1.807, 2.05) is 20.8 Å². The summed E-state index contributed by atoms with van der Waals surface area (Å²) in [4.78, 5) is 31.0. The van der Waals surface area contributed by atoms with Crippen molar-refractivity contribution in [2.45, 2.75) is 45.6 Å². The molecular formula is C20H31ClN4O4. The molecule has 1 fully saturated rings. The van der Waals surface area contributed by atoms with Gasteiger partial charge in [-0.1, -0.05) is 11.6 Å². The number of ether oxygens (including phenoxy) is 2. The Hall–Kier alpha value is -2.06. The van der Waals surface area contributed by atoms with Crippen LogP contribution in [0.15, 0.2) is 12.1 Å². The number of amides is 2. The van der Waals surface area contributed by atoms with Crippen molar-refractivity contribution in [1.82, 2.24) is 9.88 Å². The van der Waals surface area contributed by atoms with E-state index in [0.717, 1.165) is 12.8 Å². The first-order valence-electron chi connectivity index (χ1n) is 9.88. The summed E-state index contributed by atoms with van der Waals surface area (Å²) < 4.78 is 10.5. The number of anilines is 2. The molecule has 0 saturated carbocycles. The van der Waals surface area contributed by atoms with E-state index in [9.17, 15) is 9.59 Å². The average molecular weight is 427 g/mol. The Morgan fingerprint density at radius 3 is 2.79 bits per heavy atom. The van der Waals surface area contributed by atoms with Crippen LogP contribution in [0.4, 0.5) is 16.3 Å². The van der Waals surface area contributed by atoms with Crippen molar-refractivity contribution in [3.63, 3.8) is 0 Å². The smallest absolute Gasteiger partial charge is 0.410 e. The Bertz CT molecular complexity index is 708. The van der Waals surface area contributed by atoms with E-state index in [1.165, 1.54) is 0 Å². The Morgan fingerprint density at radius 1 is 1.34 bits per heavy atom. The summed E-state index contributed by atoms with van der Waals surface area (Å²) in [6.45, 7) is 7.67. The quantitative estimate of drug-likeness (QED) is 0.509. The first kappa shape index (κ1) is 23.2. The summed E-state index contributed by atoms with van der Waals surface area (Å²) in [5, 5.41) is 6.44. The molecule has 1 aliphatic heterocycles. The number of carbonyl (C=O) groups excluding carboxylic acids is 2. The number of piperidine rings is 1. The Kier molecular flexibility index (Phi) is 8.52. The third kappa shape index (κ3) is 7.70. The van der Waals surface area contributed by atoms with Gasteiger partial charge in [-0.2, -0.15) is 0 Å². The predicted molar refractivity (Wildman–Crippen MR) is 113 cm³/mol. The largest absolute Gasteiger partial charge is 0.444 e. The highest BCUT2D eigenvalue weighted by molar-refractivity contribution is 6.29. The second kappa shape index (κ2) is 10.6. The van der Waals surface area contributed by atoms with Gasteiger partial charge >= 0.3 is 6.09 Å². The molecule has 1 aliphatic rings. The number of hydrogen-bond donors (Lipinski definition) is 2. The van der Waals surface area contributed by atoms with Crippen LogP contribution in [0.3, 0.4) is 0 Å². The molecule has 0 unspecified atom stereocenters. The third-order valence-electron chi connectivity index (χ3n) is 4.38. The molecule has 9 heteroatoms. The zero-order valence-corrected chi connectivity index (χ0v) is 18.3. The second-order valence-electron chi connectivity index (χ2n) is 8.06. The van der Waals surface area contributed by atoms with Crippen molar-refractivity contribution >= 4 is 35.1 Å². The van der Waals surface area contributed by atoms with Crippen molar-refractivity contribution in [1.29, 1.82) is 0 Å². The number of likely N-dealkylation sites (tertiary alicyclic amines) is 1. The van der Waals surface area contributed by atoms with Crippen molar-refractivity contribution < 1.29 is 19.1 Å². The second-order valence-corrected chi connectivity index (χ2v) is 8.45. The van der Waals surface area contributed by atoms with Crippen molar-refractivity contribution in [2.24, 2.45) is 5.92 Å². The highest BCUT2D eigenvalue weighted by atomic mass is 35.5. The van der Waals surface area contributed by atoms with Crippen molar-refractivity contribution in [2.75, 3.05) is 44.0 Å². The van der Waals surface area contributed by atoms with Crippen LogP contribution in [0, 0.1) is 5.92 Å². The molecule has 162 valence electrons. The summed E-state index contributed by atoms with van der Waals surface area (Å²) in [6.07, 6.45) is 1.87. The Morgan fingerprint density at radius 2 is 2.10 bits per heavy atom. The lowest BCUT2D eigenvalue weighted by Gasteiger charge is -2.33. The van der Waals surface area contributed by atoms with Gasteiger partial charge in [0.1, 0.15) is 10.8 Å². The molecule has 2 heterocycles. The van der Waals surface area contributed by atoms with Gasteiger partial charge in [0, 0.05) is 33.4 Å². The summed E-state index contributed by atoms with van der Waals surface area (Å²) in [5.41, 5.74) is -0.00353. The van der Waals surface area contributed by atoms with Crippen LogP contribution in [0.25, 0.3) is 0 Å². The molecule has 29 heavy (non-hydrogen) atoms. The average Bonchev–Trinajstić information content (AvgIpc) is 2.66. The topological polar surface area (TPSA) is 92.8 Å². The fraction of sp³-hybridized carbons (Fsp3) is 0.650. The van der Waals surface area contributed by atoms with Crippen LogP contribution in [0.2, 0.25) is 5.15 Å². The predicted octanol–water partition coefficient (Wildman–Crippen LogP) is 3.77. The van der Waals surface area contributed by atoms with E-state index in [0.29, 0.717) is 49.3 Å². The van der Waals surface area contributed by atoms with Gasteiger partial charge in [0.2, 0.25) is 5.91 Å². The zero-order chi connectivity index (χ0) is 21.4. The number of halogens is 1. The summed E-state index contributed by atoms with van der Waals surface area (Å²) in [6, 6.07) is 3.35. The van der Waals surface area contributed by atoms with Gasteiger partial charge in [-0.3, -0.25) is 4.79 Å². The van der Waals surface area contributed by atoms with Crippen LogP contribution >= 0.6 is 11.6 Å². The van der Waals surface area contributed by atoms with E-state index in [-0.39, 0.29) is 17.9 Å². The molecule has 0 radical (unpaired) electrons. The minimum absolute atomic E-state index is 0.151. The van der Waals surface area contributed by atoms with Crippen LogP contribution in [0.5, 0.6) is 0 Å². The number of pyridine rings is 1. The SMILES string of the molecule is COCCCNc1nc(Cl)ccc1NC(=O)[C@@H]1CCCN(C(=O)OC(C)(C)C)C1. The first-order chi connectivity index (χ1) is 13.7. The highest BCUT2D eigenvalue weighted by Gasteiger charge is 2.31. The third-order valence-corrected chi connectivity index (χ3v) is 4.59. The van der Waals surface area contributed by atoms with Gasteiger partial charge in [0.25, 0.3) is 0 Å². The van der Waals surface area contributed by atoms with Gasteiger partial charge in [-0.25, -0.2) is 9.78 Å². The number of methoxy groups -OCH3 is 1. The first-order valence-corrected chi connectivity index (χ1v) is 10.3. The minimum atomic E-state index is -0.565. The fourth-order valence-corrected chi connectivity index (χ4v) is 3.16. The van der Waals surface area contributed by atoms with Gasteiger partial charge < -0.3 is 25.0 Å². The summed E-state index contributed by atoms with van der Waals surface area (Å²) in [5.74, 6) is 0.0531. The number of carbonyl (C=O) groups is 2. The number of hydrogen-bond acceptors (Lipinski definition) is 6. The van der Waals surface area contributed by atoms with E-state index in [1.54, 1.807) is 24.1 Å². The zero-order valence-electron chi connectivity index (χ0n) is 17.6. The molecule has 0 bridgehead atoms. The van der Waals surface area contributed by atoms with Crippen LogP contribution in [0.1, 0.15) is 40.0 Å². The molecule has 1 atom stereocenters. The van der Waals surface area contributed by atoms with Crippen LogP contribution in [-0.2, 0) is 14.3 Å². The molecule has 1 aromatic rings. The summed E-state index contributed by atoms with van der Waals surface area (Å²) >= 11 is 6.00. The fourth-order valence-electron chi connectivity index (χ4n) is 3.01. The maximum atomic E-state index is 12.8. The molecular weight excluding hydrogens is 396 g/mol. The monoisotopic (exact) mass is 426 g/mol. The molecule has 2 N–H and O–H groups in total. The van der Waals surface area contributed by atoms with Crippen LogP contribution in [-0.4, -0.2) is 60.8 Å². The number of rotatable bonds is 7. The van der Waals surface area contributed by atoms with Gasteiger partial charge in [0.15, 0.2) is 5.82 Å². The van der Waals surface area contributed by atoms with E-state index < -0.39 is 5.60 Å². The van der Waals surface area contributed by atoms with Gasteiger partial charge in [-0.15, -0.1) is 0 Å². The molecule has 0 aromatic carbocycles. The summed E-state index contributed by atoms with van der Waals surface area (Å²) in [7, 11) is 1.65. The minimum Gasteiger partial charge on any atom is -0.444 e. The maximum Gasteiger partial charge on any atom is 0.410 e. The van der Waals surface area contributed by atoms with E-state index in [2.05, 4.69) is 15.6 Å². The lowest BCUT2D eigenvalue weighted by Crippen LogP contribution is -2.45. The molecule has 2 rings (SSSR count). The number of aromatic nitrogens is 1. The van der Waals surface area contributed by atoms with Gasteiger partial charge in [0.05, 0.1) is 11.6 Å². The molecule has 1 aromatic heterocycles. The standard InChI is InChI=1S/C20H31ClN4O4/c1-20(2,3)29-19(27)25-11-5-7-14(13-25)18(26)23-15-8-9-16(21)24-17(15)22-10-6-12-28-4/h8-9,14H,5-7,10-13H2,1-4H3,(H,22,24)(H,23,26)/t14-/m1/s1. The van der Waals surface area contributed by atoms with E-state index >= 15 is 0 Å². The molecule has 0 spiro atoms. The molecule has 1 saturated heterocycles. The Labute approximate surface area is 177 Å². The number of nitrogens with one attached hydrogen (secondary N) is 2. The van der Waals surface area contributed by atoms with Gasteiger partial charge in [-0.05, 0) is 52.2 Å². The number of nitrogens with zero attached hydrogens (tertiary/aromatic N) is 2. The highest BCUT2D eigenvalue weighted by Crippen LogP contribution is 2.25. The van der Waals surface area contributed by atoms with Crippen LogP contribution < -0.4 is 10.6 Å². The van der Waals surface area contributed by atoms with E-state index in [4.69, 9.17) is 21.1 Å². The Balaban J connectivity index is 1.99. The lowest BCUT2D eigenvalue weighted by molar-refractivity contribution is -0.121. The van der Waals surface area contributed by atoms with Crippen molar-refractivity contribution in [3.05, 3.63) is 17.3 Å². The lowest BCUT2D eigenvalue weighted by atomic mass is 9.97. The maximum absolute atomic E-state index is 12.8. The molecule has 8 nitrogen and oxygen atoms in total. The molecule has 2 amide bonds.